The average molecular weight is 220 g/mol. The largest absolute Gasteiger partial charge is 0.383 e. The third-order valence-corrected chi connectivity index (χ3v) is 3.68. The van der Waals surface area contributed by atoms with Crippen molar-refractivity contribution in [3.8, 4) is 0 Å². The molecule has 0 aliphatic heterocycles. The SMILES string of the molecule is CN=[S@](C)(=O)c1ccc(Cl)nc1N. The van der Waals surface area contributed by atoms with Crippen molar-refractivity contribution in [2.75, 3.05) is 19.0 Å². The third-order valence-electron chi connectivity index (χ3n) is 1.61. The highest BCUT2D eigenvalue weighted by atomic mass is 35.5. The summed E-state index contributed by atoms with van der Waals surface area (Å²) in [5.41, 5.74) is 5.55. The lowest BCUT2D eigenvalue weighted by Crippen LogP contribution is -2.04. The smallest absolute Gasteiger partial charge is 0.142 e. The number of hydrogen-bond acceptors (Lipinski definition) is 4. The van der Waals surface area contributed by atoms with Crippen LogP contribution in [0, 0.1) is 0 Å². The van der Waals surface area contributed by atoms with Crippen molar-refractivity contribution in [2.45, 2.75) is 4.90 Å². The predicted octanol–water partition coefficient (Wildman–Crippen LogP) is 1.40. The standard InChI is InChI=1S/C7H10ClN3OS/c1-10-13(2,12)5-3-4-6(8)11-7(5)9/h3-4H,1-2H3,(H2,9,11)/t13-/m1/s1. The van der Waals surface area contributed by atoms with Crippen molar-refractivity contribution in [2.24, 2.45) is 4.36 Å². The molecule has 2 N–H and O–H groups in total. The fourth-order valence-corrected chi connectivity index (χ4v) is 1.96. The Morgan fingerprint density at radius 2 is 2.23 bits per heavy atom. The van der Waals surface area contributed by atoms with Gasteiger partial charge >= 0.3 is 0 Å². The van der Waals surface area contributed by atoms with Crippen LogP contribution in [0.5, 0.6) is 0 Å². The quantitative estimate of drug-likeness (QED) is 0.726. The monoisotopic (exact) mass is 219 g/mol. The molecule has 0 unspecified atom stereocenters. The van der Waals surface area contributed by atoms with Crippen LogP contribution in [-0.4, -0.2) is 22.5 Å². The van der Waals surface area contributed by atoms with Crippen LogP contribution in [0.25, 0.3) is 0 Å². The Hall–Kier alpha value is -0.810. The lowest BCUT2D eigenvalue weighted by molar-refractivity contribution is 0.680. The topological polar surface area (TPSA) is 68.3 Å². The summed E-state index contributed by atoms with van der Waals surface area (Å²) in [6, 6.07) is 3.13. The fourth-order valence-electron chi connectivity index (χ4n) is 0.856. The molecule has 0 radical (unpaired) electrons. The number of rotatable bonds is 1. The number of nitrogens with two attached hydrogens (primary N) is 1. The predicted molar refractivity (Wildman–Crippen MR) is 54.3 cm³/mol. The molecule has 1 heterocycles. The number of hydrogen-bond donors (Lipinski definition) is 1. The molecule has 1 aromatic heterocycles. The van der Waals surface area contributed by atoms with E-state index >= 15 is 0 Å². The van der Waals surface area contributed by atoms with Gasteiger partial charge < -0.3 is 5.73 Å². The van der Waals surface area contributed by atoms with Crippen LogP contribution in [0.2, 0.25) is 5.15 Å². The number of anilines is 1. The Morgan fingerprint density at radius 1 is 1.62 bits per heavy atom. The zero-order chi connectivity index (χ0) is 10.1. The van der Waals surface area contributed by atoms with Gasteiger partial charge in [0.05, 0.1) is 14.6 Å². The molecule has 0 aliphatic rings. The summed E-state index contributed by atoms with van der Waals surface area (Å²) in [5, 5.41) is 0.285. The Labute approximate surface area is 82.3 Å². The Bertz CT molecular complexity index is 437. The van der Waals surface area contributed by atoms with Crippen molar-refractivity contribution in [3.05, 3.63) is 17.3 Å². The molecule has 0 bridgehead atoms. The zero-order valence-electron chi connectivity index (χ0n) is 7.32. The first-order valence-electron chi connectivity index (χ1n) is 3.49. The van der Waals surface area contributed by atoms with Gasteiger partial charge in [0.15, 0.2) is 0 Å². The summed E-state index contributed by atoms with van der Waals surface area (Å²) in [4.78, 5) is 4.22. The van der Waals surface area contributed by atoms with Gasteiger partial charge in [-0.2, -0.15) is 0 Å². The van der Waals surface area contributed by atoms with E-state index in [2.05, 4.69) is 9.35 Å². The molecule has 0 spiro atoms. The highest BCUT2D eigenvalue weighted by Crippen LogP contribution is 2.19. The van der Waals surface area contributed by atoms with Gasteiger partial charge in [0.2, 0.25) is 0 Å². The summed E-state index contributed by atoms with van der Waals surface area (Å²) >= 11 is 5.60. The van der Waals surface area contributed by atoms with E-state index in [1.54, 1.807) is 12.1 Å². The number of aromatic nitrogens is 1. The zero-order valence-corrected chi connectivity index (χ0v) is 8.89. The van der Waals surface area contributed by atoms with Crippen LogP contribution in [0.15, 0.2) is 21.4 Å². The first-order valence-corrected chi connectivity index (χ1v) is 5.80. The van der Waals surface area contributed by atoms with E-state index in [9.17, 15) is 4.21 Å². The van der Waals surface area contributed by atoms with Gasteiger partial charge in [0.1, 0.15) is 11.0 Å². The van der Waals surface area contributed by atoms with Crippen LogP contribution in [-0.2, 0) is 9.73 Å². The van der Waals surface area contributed by atoms with E-state index < -0.39 is 9.73 Å². The summed E-state index contributed by atoms with van der Waals surface area (Å²) in [5.74, 6) is 0.172. The first kappa shape index (κ1) is 10.3. The molecular weight excluding hydrogens is 210 g/mol. The van der Waals surface area contributed by atoms with Gasteiger partial charge in [-0.1, -0.05) is 11.6 Å². The van der Waals surface area contributed by atoms with Crippen LogP contribution in [0.4, 0.5) is 5.82 Å². The molecule has 0 fully saturated rings. The molecule has 13 heavy (non-hydrogen) atoms. The molecule has 72 valence electrons. The molecule has 0 aliphatic carbocycles. The maximum Gasteiger partial charge on any atom is 0.142 e. The van der Waals surface area contributed by atoms with Gasteiger partial charge in [-0.25, -0.2) is 13.6 Å². The molecule has 0 saturated carbocycles. The van der Waals surface area contributed by atoms with Crippen molar-refractivity contribution in [1.82, 2.24) is 4.98 Å². The Balaban J connectivity index is 3.42. The van der Waals surface area contributed by atoms with Gasteiger partial charge in [0.25, 0.3) is 0 Å². The van der Waals surface area contributed by atoms with E-state index in [4.69, 9.17) is 17.3 Å². The maximum atomic E-state index is 11.8. The van der Waals surface area contributed by atoms with Gasteiger partial charge in [-0.15, -0.1) is 0 Å². The number of nitrogen functional groups attached to an aromatic ring is 1. The van der Waals surface area contributed by atoms with Gasteiger partial charge in [0, 0.05) is 13.3 Å². The molecule has 4 nitrogen and oxygen atoms in total. The second-order valence-electron chi connectivity index (χ2n) is 2.50. The van der Waals surface area contributed by atoms with Crippen molar-refractivity contribution in [3.63, 3.8) is 0 Å². The van der Waals surface area contributed by atoms with E-state index in [0.717, 1.165) is 0 Å². The van der Waals surface area contributed by atoms with Gasteiger partial charge in [-0.3, -0.25) is 0 Å². The van der Waals surface area contributed by atoms with Crippen LogP contribution < -0.4 is 5.73 Å². The van der Waals surface area contributed by atoms with Crippen molar-refractivity contribution in [1.29, 1.82) is 0 Å². The first-order chi connectivity index (χ1) is 5.97. The molecule has 0 amide bonds. The Kier molecular flexibility index (Phi) is 2.77. The number of halogens is 1. The minimum absolute atomic E-state index is 0.172. The molecule has 1 aromatic rings. The highest BCUT2D eigenvalue weighted by Gasteiger charge is 2.10. The van der Waals surface area contributed by atoms with Crippen molar-refractivity contribution < 1.29 is 4.21 Å². The average Bonchev–Trinajstić information content (AvgIpc) is 2.03. The summed E-state index contributed by atoms with van der Waals surface area (Å²) < 4.78 is 15.5. The minimum atomic E-state index is -2.42. The Morgan fingerprint density at radius 3 is 2.69 bits per heavy atom. The van der Waals surface area contributed by atoms with E-state index in [0.29, 0.717) is 4.90 Å². The molecule has 1 atom stereocenters. The third kappa shape index (κ3) is 2.10. The van der Waals surface area contributed by atoms with Crippen LogP contribution in [0.3, 0.4) is 0 Å². The molecule has 0 saturated heterocycles. The number of pyridine rings is 1. The fraction of sp³-hybridized carbons (Fsp3) is 0.286. The molecule has 1 rings (SSSR count). The summed E-state index contributed by atoms with van der Waals surface area (Å²) in [6.07, 6.45) is 1.51. The van der Waals surface area contributed by atoms with Crippen LogP contribution in [0.1, 0.15) is 0 Å². The maximum absolute atomic E-state index is 11.8. The normalized spacial score (nSPS) is 15.0. The molecule has 0 aromatic carbocycles. The molecular formula is C7H10ClN3OS. The summed E-state index contributed by atoms with van der Waals surface area (Å²) in [6.45, 7) is 0. The van der Waals surface area contributed by atoms with E-state index in [-0.39, 0.29) is 11.0 Å². The lowest BCUT2D eigenvalue weighted by atomic mass is 10.5. The minimum Gasteiger partial charge on any atom is -0.383 e. The van der Waals surface area contributed by atoms with E-state index in [1.165, 1.54) is 13.3 Å². The lowest BCUT2D eigenvalue weighted by Gasteiger charge is -2.05. The molecule has 6 heteroatoms. The second kappa shape index (κ2) is 3.51. The van der Waals surface area contributed by atoms with Crippen LogP contribution >= 0.6 is 11.6 Å². The highest BCUT2D eigenvalue weighted by molar-refractivity contribution is 7.93. The number of nitrogens with zero attached hydrogens (tertiary/aromatic N) is 2. The second-order valence-corrected chi connectivity index (χ2v) is 5.30. The van der Waals surface area contributed by atoms with Gasteiger partial charge in [-0.05, 0) is 12.1 Å². The van der Waals surface area contributed by atoms with Crippen molar-refractivity contribution >= 4 is 27.1 Å². The summed E-state index contributed by atoms with van der Waals surface area (Å²) in [7, 11) is -0.934. The van der Waals surface area contributed by atoms with E-state index in [1.807, 2.05) is 0 Å².